The van der Waals surface area contributed by atoms with Gasteiger partial charge in [-0.3, -0.25) is 4.79 Å². The zero-order valence-corrected chi connectivity index (χ0v) is 15.4. The van der Waals surface area contributed by atoms with Gasteiger partial charge in [-0.1, -0.05) is 22.0 Å². The van der Waals surface area contributed by atoms with Crippen LogP contribution < -0.4 is 4.74 Å². The topological polar surface area (TPSA) is 26.3 Å². The summed E-state index contributed by atoms with van der Waals surface area (Å²) in [6.07, 6.45) is 0.437. The molecule has 2 nitrogen and oxygen atoms in total. The van der Waals surface area contributed by atoms with E-state index in [9.17, 15) is 4.79 Å². The average Bonchev–Trinajstić information content (AvgIpc) is 2.47. The number of thioether (sulfide) groups is 1. The lowest BCUT2D eigenvalue weighted by Crippen LogP contribution is -2.05. The molecule has 0 N–H and O–H groups in total. The van der Waals surface area contributed by atoms with E-state index < -0.39 is 0 Å². The summed E-state index contributed by atoms with van der Waals surface area (Å²) in [6, 6.07) is 13.7. The molecule has 21 heavy (non-hydrogen) atoms. The first-order valence-corrected chi connectivity index (χ1v) is 8.88. The molecule has 110 valence electrons. The molecule has 0 aromatic heterocycles. The van der Waals surface area contributed by atoms with Crippen molar-refractivity contribution < 1.29 is 9.53 Å². The number of rotatable bonds is 6. The zero-order valence-electron chi connectivity index (χ0n) is 11.4. The second-order valence-corrected chi connectivity index (χ2v) is 7.25. The molecule has 0 unspecified atom stereocenters. The fourth-order valence-electron chi connectivity index (χ4n) is 1.79. The van der Waals surface area contributed by atoms with E-state index >= 15 is 0 Å². The predicted molar refractivity (Wildman–Crippen MR) is 94.3 cm³/mol. The molecule has 0 fully saturated rings. The van der Waals surface area contributed by atoms with Crippen LogP contribution in [0.3, 0.4) is 0 Å². The Morgan fingerprint density at radius 2 is 1.86 bits per heavy atom. The smallest absolute Gasteiger partial charge is 0.147 e. The standard InChI is InChI=1S/C16H14Br2O2S/c1-20-16-7-2-11(9-15(16)18)8-13(19)10-21-14-5-3-12(17)4-6-14/h2-7,9H,8,10H2,1H3. The van der Waals surface area contributed by atoms with E-state index in [1.807, 2.05) is 42.5 Å². The fraction of sp³-hybridized carbons (Fsp3) is 0.188. The molecule has 2 aromatic rings. The fourth-order valence-corrected chi connectivity index (χ4v) is 3.40. The molecule has 0 bridgehead atoms. The van der Waals surface area contributed by atoms with Crippen LogP contribution in [-0.2, 0) is 11.2 Å². The molecule has 0 saturated heterocycles. The van der Waals surface area contributed by atoms with Crippen LogP contribution in [-0.4, -0.2) is 18.6 Å². The summed E-state index contributed by atoms with van der Waals surface area (Å²) in [6.45, 7) is 0. The number of ether oxygens (including phenoxy) is 1. The number of hydrogen-bond acceptors (Lipinski definition) is 3. The van der Waals surface area contributed by atoms with Gasteiger partial charge in [-0.05, 0) is 57.9 Å². The van der Waals surface area contributed by atoms with Crippen molar-refractivity contribution in [2.24, 2.45) is 0 Å². The minimum atomic E-state index is 0.208. The van der Waals surface area contributed by atoms with E-state index in [1.54, 1.807) is 18.9 Å². The molecule has 0 spiro atoms. The molecule has 0 atom stereocenters. The molecule has 0 saturated carbocycles. The van der Waals surface area contributed by atoms with Crippen molar-refractivity contribution in [3.8, 4) is 5.75 Å². The third kappa shape index (κ3) is 5.16. The summed E-state index contributed by atoms with van der Waals surface area (Å²) in [5, 5.41) is 0. The van der Waals surface area contributed by atoms with Gasteiger partial charge >= 0.3 is 0 Å². The lowest BCUT2D eigenvalue weighted by molar-refractivity contribution is -0.116. The predicted octanol–water partition coefficient (Wildman–Crippen LogP) is 5.12. The lowest BCUT2D eigenvalue weighted by atomic mass is 10.1. The number of carbonyl (C=O) groups excluding carboxylic acids is 1. The van der Waals surface area contributed by atoms with Gasteiger partial charge in [0.25, 0.3) is 0 Å². The van der Waals surface area contributed by atoms with Crippen LogP contribution in [0, 0.1) is 0 Å². The van der Waals surface area contributed by atoms with E-state index in [-0.39, 0.29) is 5.78 Å². The molecule has 0 aliphatic heterocycles. The molecule has 0 amide bonds. The molecule has 2 rings (SSSR count). The Balaban J connectivity index is 1.89. The maximum absolute atomic E-state index is 12.0. The Morgan fingerprint density at radius 3 is 2.48 bits per heavy atom. The third-order valence-corrected chi connectivity index (χ3v) is 5.05. The first kappa shape index (κ1) is 16.6. The van der Waals surface area contributed by atoms with E-state index in [1.165, 1.54) is 0 Å². The molecular formula is C16H14Br2O2S. The number of carbonyl (C=O) groups is 1. The Kier molecular flexibility index (Phi) is 6.33. The van der Waals surface area contributed by atoms with Crippen molar-refractivity contribution in [3.63, 3.8) is 0 Å². The Morgan fingerprint density at radius 1 is 1.14 bits per heavy atom. The van der Waals surface area contributed by atoms with Gasteiger partial charge in [0.2, 0.25) is 0 Å². The zero-order chi connectivity index (χ0) is 15.2. The monoisotopic (exact) mass is 428 g/mol. The van der Waals surface area contributed by atoms with E-state index in [2.05, 4.69) is 31.9 Å². The number of ketones is 1. The van der Waals surface area contributed by atoms with Gasteiger partial charge in [-0.25, -0.2) is 0 Å². The molecule has 2 aromatic carbocycles. The Labute approximate surface area is 145 Å². The maximum atomic E-state index is 12.0. The summed E-state index contributed by atoms with van der Waals surface area (Å²) in [4.78, 5) is 13.1. The van der Waals surface area contributed by atoms with Crippen LogP contribution in [0.25, 0.3) is 0 Å². The van der Waals surface area contributed by atoms with E-state index in [4.69, 9.17) is 4.74 Å². The van der Waals surface area contributed by atoms with Crippen molar-refractivity contribution >= 4 is 49.4 Å². The van der Waals surface area contributed by atoms with E-state index in [0.29, 0.717) is 12.2 Å². The van der Waals surface area contributed by atoms with Crippen LogP contribution in [0.4, 0.5) is 0 Å². The van der Waals surface area contributed by atoms with Crippen LogP contribution in [0.5, 0.6) is 5.75 Å². The molecular weight excluding hydrogens is 416 g/mol. The molecule has 0 aliphatic rings. The van der Waals surface area contributed by atoms with Crippen molar-refractivity contribution in [1.29, 1.82) is 0 Å². The minimum absolute atomic E-state index is 0.208. The summed E-state index contributed by atoms with van der Waals surface area (Å²) >= 11 is 8.39. The molecule has 0 aliphatic carbocycles. The van der Waals surface area contributed by atoms with Crippen molar-refractivity contribution in [3.05, 3.63) is 57.0 Å². The summed E-state index contributed by atoms with van der Waals surface area (Å²) in [5.41, 5.74) is 0.990. The number of halogens is 2. The first-order chi connectivity index (χ1) is 10.1. The van der Waals surface area contributed by atoms with Crippen molar-refractivity contribution in [1.82, 2.24) is 0 Å². The molecule has 0 heterocycles. The van der Waals surface area contributed by atoms with Crippen LogP contribution in [0.1, 0.15) is 5.56 Å². The number of hydrogen-bond donors (Lipinski definition) is 0. The van der Waals surface area contributed by atoms with Gasteiger partial charge in [-0.15, -0.1) is 11.8 Å². The minimum Gasteiger partial charge on any atom is -0.496 e. The van der Waals surface area contributed by atoms with Crippen LogP contribution in [0.2, 0.25) is 0 Å². The Bertz CT molecular complexity index is 627. The van der Waals surface area contributed by atoms with Gasteiger partial charge in [0.15, 0.2) is 0 Å². The summed E-state index contributed by atoms with van der Waals surface area (Å²) in [7, 11) is 1.62. The average molecular weight is 430 g/mol. The normalized spacial score (nSPS) is 10.4. The SMILES string of the molecule is COc1ccc(CC(=O)CSc2ccc(Br)cc2)cc1Br. The highest BCUT2D eigenvalue weighted by atomic mass is 79.9. The quantitative estimate of drug-likeness (QED) is 0.595. The van der Waals surface area contributed by atoms with Crippen molar-refractivity contribution in [2.75, 3.05) is 12.9 Å². The van der Waals surface area contributed by atoms with Gasteiger partial charge in [-0.2, -0.15) is 0 Å². The molecule has 5 heteroatoms. The highest BCUT2D eigenvalue weighted by Gasteiger charge is 2.07. The van der Waals surface area contributed by atoms with Gasteiger partial charge in [0.05, 0.1) is 17.3 Å². The van der Waals surface area contributed by atoms with Crippen LogP contribution in [0.15, 0.2) is 56.3 Å². The molecule has 0 radical (unpaired) electrons. The van der Waals surface area contributed by atoms with Gasteiger partial charge in [0, 0.05) is 15.8 Å². The number of Topliss-reactive ketones (excluding diaryl/α,β-unsaturated/α-hetero) is 1. The highest BCUT2D eigenvalue weighted by molar-refractivity contribution is 9.10. The first-order valence-electron chi connectivity index (χ1n) is 6.31. The highest BCUT2D eigenvalue weighted by Crippen LogP contribution is 2.26. The van der Waals surface area contributed by atoms with Gasteiger partial charge in [0.1, 0.15) is 11.5 Å². The largest absolute Gasteiger partial charge is 0.496 e. The van der Waals surface area contributed by atoms with Crippen molar-refractivity contribution in [2.45, 2.75) is 11.3 Å². The Hall–Kier alpha value is -0.780. The lowest BCUT2D eigenvalue weighted by Gasteiger charge is -2.06. The number of benzene rings is 2. The summed E-state index contributed by atoms with van der Waals surface area (Å²) < 4.78 is 7.09. The third-order valence-electron chi connectivity index (χ3n) is 2.83. The second-order valence-electron chi connectivity index (χ2n) is 4.43. The summed E-state index contributed by atoms with van der Waals surface area (Å²) in [5.74, 6) is 1.46. The van der Waals surface area contributed by atoms with Gasteiger partial charge < -0.3 is 4.74 Å². The van der Waals surface area contributed by atoms with Crippen LogP contribution >= 0.6 is 43.6 Å². The maximum Gasteiger partial charge on any atom is 0.147 e. The van der Waals surface area contributed by atoms with E-state index in [0.717, 1.165) is 25.2 Å². The number of methoxy groups -OCH3 is 1. The second kappa shape index (κ2) is 8.01.